The maximum atomic E-state index is 12.2. The summed E-state index contributed by atoms with van der Waals surface area (Å²) in [6.45, 7) is 1.44. The fourth-order valence-corrected chi connectivity index (χ4v) is 1.54. The summed E-state index contributed by atoms with van der Waals surface area (Å²) in [6.07, 6.45) is -4.98. The Kier molecular flexibility index (Phi) is 4.67. The molecule has 0 fully saturated rings. The van der Waals surface area contributed by atoms with E-state index in [0.717, 1.165) is 12.1 Å². The van der Waals surface area contributed by atoms with E-state index in [9.17, 15) is 18.0 Å². The second kappa shape index (κ2) is 5.84. The summed E-state index contributed by atoms with van der Waals surface area (Å²) in [6, 6.07) is 3.64. The third-order valence-corrected chi connectivity index (χ3v) is 2.33. The lowest BCUT2D eigenvalue weighted by molar-refractivity contribution is -0.274. The third-order valence-electron chi connectivity index (χ3n) is 1.96. The Labute approximate surface area is 112 Å². The maximum Gasteiger partial charge on any atom is 0.573 e. The van der Waals surface area contributed by atoms with Crippen LogP contribution in [0.25, 0.3) is 0 Å². The summed E-state index contributed by atoms with van der Waals surface area (Å²) >= 11 is 3.90. The van der Waals surface area contributed by atoms with E-state index in [4.69, 9.17) is 5.26 Å². The van der Waals surface area contributed by atoms with Crippen molar-refractivity contribution in [3.8, 4) is 11.8 Å². The van der Waals surface area contributed by atoms with Crippen LogP contribution in [0.2, 0.25) is 0 Å². The first kappa shape index (κ1) is 15.2. The lowest BCUT2D eigenvalue weighted by Crippen LogP contribution is -2.20. The molecule has 0 unspecified atom stereocenters. The largest absolute Gasteiger partial charge is 0.573 e. The van der Waals surface area contributed by atoms with E-state index in [1.165, 1.54) is 6.92 Å². The topological polar surface area (TPSA) is 59.3 Å². The van der Waals surface area contributed by atoms with Gasteiger partial charge in [0.2, 0.25) is 0 Å². The molecule has 0 saturated carbocycles. The number of esters is 1. The second-order valence-electron chi connectivity index (χ2n) is 3.21. The number of benzene rings is 1. The zero-order chi connectivity index (χ0) is 14.6. The molecule has 0 bridgehead atoms. The molecule has 0 saturated heterocycles. The molecule has 0 atom stereocenters. The molecule has 0 aliphatic rings. The average Bonchev–Trinajstić information content (AvgIpc) is 2.29. The number of thiol groups is 1. The average molecular weight is 291 g/mol. The molecule has 8 heteroatoms. The van der Waals surface area contributed by atoms with Crippen LogP contribution in [0.4, 0.5) is 13.2 Å². The minimum Gasteiger partial charge on any atom is -0.462 e. The van der Waals surface area contributed by atoms with Crippen molar-refractivity contribution in [1.29, 1.82) is 5.26 Å². The number of alkyl halides is 3. The predicted octanol–water partition coefficient (Wildman–Crippen LogP) is 2.92. The summed E-state index contributed by atoms with van der Waals surface area (Å²) in [5.74, 6) is -1.87. The fourth-order valence-electron chi connectivity index (χ4n) is 1.30. The molecule has 19 heavy (non-hydrogen) atoms. The van der Waals surface area contributed by atoms with Gasteiger partial charge in [0.05, 0.1) is 12.2 Å². The minimum absolute atomic E-state index is 0.0496. The lowest BCUT2D eigenvalue weighted by atomic mass is 10.1. The minimum atomic E-state index is -4.98. The van der Waals surface area contributed by atoms with Crippen molar-refractivity contribution in [1.82, 2.24) is 0 Å². The van der Waals surface area contributed by atoms with Crippen molar-refractivity contribution >= 4 is 18.6 Å². The molecule has 0 aliphatic heterocycles. The Balaban J connectivity index is 3.39. The molecule has 0 spiro atoms. The summed E-state index contributed by atoms with van der Waals surface area (Å²) < 4.78 is 45.0. The van der Waals surface area contributed by atoms with E-state index >= 15 is 0 Å². The summed E-state index contributed by atoms with van der Waals surface area (Å²) in [4.78, 5) is 11.7. The Morgan fingerprint density at radius 3 is 2.58 bits per heavy atom. The summed E-state index contributed by atoms with van der Waals surface area (Å²) in [5.41, 5.74) is -0.919. The highest BCUT2D eigenvalue weighted by Crippen LogP contribution is 2.32. The van der Waals surface area contributed by atoms with Gasteiger partial charge in [-0.05, 0) is 19.1 Å². The van der Waals surface area contributed by atoms with Gasteiger partial charge in [-0.25, -0.2) is 4.79 Å². The van der Waals surface area contributed by atoms with Crippen molar-refractivity contribution in [3.63, 3.8) is 0 Å². The first-order valence-electron chi connectivity index (χ1n) is 4.99. The zero-order valence-electron chi connectivity index (χ0n) is 9.61. The Morgan fingerprint density at radius 1 is 1.47 bits per heavy atom. The van der Waals surface area contributed by atoms with Crippen molar-refractivity contribution in [2.24, 2.45) is 0 Å². The van der Waals surface area contributed by atoms with Crippen molar-refractivity contribution in [2.45, 2.75) is 18.2 Å². The van der Waals surface area contributed by atoms with Crippen LogP contribution in [0.5, 0.6) is 5.75 Å². The van der Waals surface area contributed by atoms with Crippen LogP contribution < -0.4 is 4.74 Å². The first-order chi connectivity index (χ1) is 8.80. The van der Waals surface area contributed by atoms with Crippen LogP contribution in [0.1, 0.15) is 22.8 Å². The molecular formula is C11H8F3NO3S. The molecule has 102 valence electrons. The van der Waals surface area contributed by atoms with E-state index < -0.39 is 23.6 Å². The quantitative estimate of drug-likeness (QED) is 0.687. The Bertz CT molecular complexity index is 537. The van der Waals surface area contributed by atoms with Gasteiger partial charge in [-0.3, -0.25) is 0 Å². The molecule has 1 aromatic rings. The number of rotatable bonds is 3. The van der Waals surface area contributed by atoms with Gasteiger partial charge in [-0.15, -0.1) is 25.8 Å². The smallest absolute Gasteiger partial charge is 0.462 e. The Morgan fingerprint density at radius 2 is 2.11 bits per heavy atom. The molecule has 1 rings (SSSR count). The Hall–Kier alpha value is -1.88. The molecule has 4 nitrogen and oxygen atoms in total. The van der Waals surface area contributed by atoms with Gasteiger partial charge in [0.1, 0.15) is 17.4 Å². The van der Waals surface area contributed by atoms with Crippen molar-refractivity contribution in [2.75, 3.05) is 6.61 Å². The SMILES string of the molecule is CCOC(=O)c1c(OC(F)(F)F)ccc(S)c1C#N. The number of ether oxygens (including phenoxy) is 2. The van der Waals surface area contributed by atoms with Gasteiger partial charge in [0, 0.05) is 4.90 Å². The lowest BCUT2D eigenvalue weighted by Gasteiger charge is -2.14. The van der Waals surface area contributed by atoms with Gasteiger partial charge in [0.15, 0.2) is 0 Å². The molecule has 0 aromatic heterocycles. The monoisotopic (exact) mass is 291 g/mol. The van der Waals surface area contributed by atoms with E-state index in [1.54, 1.807) is 6.07 Å². The van der Waals surface area contributed by atoms with Crippen LogP contribution >= 0.6 is 12.6 Å². The van der Waals surface area contributed by atoms with Crippen LogP contribution in [-0.4, -0.2) is 18.9 Å². The van der Waals surface area contributed by atoms with Crippen LogP contribution in [-0.2, 0) is 4.74 Å². The maximum absolute atomic E-state index is 12.2. The molecule has 0 N–H and O–H groups in total. The van der Waals surface area contributed by atoms with Gasteiger partial charge < -0.3 is 9.47 Å². The predicted molar refractivity (Wildman–Crippen MR) is 61.0 cm³/mol. The normalized spacial score (nSPS) is 10.7. The third kappa shape index (κ3) is 3.79. The summed E-state index contributed by atoms with van der Waals surface area (Å²) in [7, 11) is 0. The highest BCUT2D eigenvalue weighted by Gasteiger charge is 2.34. The number of halogens is 3. The van der Waals surface area contributed by atoms with Gasteiger partial charge in [-0.2, -0.15) is 5.26 Å². The van der Waals surface area contributed by atoms with Crippen LogP contribution in [0.3, 0.4) is 0 Å². The second-order valence-corrected chi connectivity index (χ2v) is 3.69. The molecule has 0 aliphatic carbocycles. The standard InChI is InChI=1S/C11H8F3NO3S/c1-2-17-10(16)9-6(5-15)8(19)4-3-7(9)18-11(12,13)14/h3-4,19H,2H2,1H3. The highest BCUT2D eigenvalue weighted by molar-refractivity contribution is 7.80. The van der Waals surface area contributed by atoms with E-state index in [-0.39, 0.29) is 17.1 Å². The van der Waals surface area contributed by atoms with Crippen LogP contribution in [0, 0.1) is 11.3 Å². The molecule has 1 aromatic carbocycles. The van der Waals surface area contributed by atoms with Gasteiger partial charge >= 0.3 is 12.3 Å². The number of nitriles is 1. The van der Waals surface area contributed by atoms with E-state index in [0.29, 0.717) is 0 Å². The number of hydrogen-bond acceptors (Lipinski definition) is 5. The molecule has 0 radical (unpaired) electrons. The van der Waals surface area contributed by atoms with Gasteiger partial charge in [0.25, 0.3) is 0 Å². The van der Waals surface area contributed by atoms with Crippen molar-refractivity contribution in [3.05, 3.63) is 23.3 Å². The fraction of sp³-hybridized carbons (Fsp3) is 0.273. The molecule has 0 amide bonds. The zero-order valence-corrected chi connectivity index (χ0v) is 10.5. The van der Waals surface area contributed by atoms with Gasteiger partial charge in [-0.1, -0.05) is 0 Å². The number of carbonyl (C=O) groups excluding carboxylic acids is 1. The highest BCUT2D eigenvalue weighted by atomic mass is 32.1. The molecule has 0 heterocycles. The first-order valence-corrected chi connectivity index (χ1v) is 5.43. The van der Waals surface area contributed by atoms with E-state index in [1.807, 2.05) is 0 Å². The van der Waals surface area contributed by atoms with E-state index in [2.05, 4.69) is 22.1 Å². The number of carbonyl (C=O) groups is 1. The number of hydrogen-bond donors (Lipinski definition) is 1. The summed E-state index contributed by atoms with van der Waals surface area (Å²) in [5, 5.41) is 8.90. The van der Waals surface area contributed by atoms with Crippen molar-refractivity contribution < 1.29 is 27.4 Å². The van der Waals surface area contributed by atoms with Crippen LogP contribution in [0.15, 0.2) is 17.0 Å². The molecular weight excluding hydrogens is 283 g/mol. The number of nitrogens with zero attached hydrogens (tertiary/aromatic N) is 1.